The average Bonchev–Trinajstić information content (AvgIpc) is 2.95. The number of benzene rings is 1. The van der Waals surface area contributed by atoms with Crippen molar-refractivity contribution in [3.8, 4) is 5.69 Å². The molecule has 1 heterocycles. The van der Waals surface area contributed by atoms with Gasteiger partial charge in [-0.2, -0.15) is 5.10 Å². The maximum atomic E-state index is 11.5. The van der Waals surface area contributed by atoms with E-state index in [0.717, 1.165) is 5.69 Å². The Morgan fingerprint density at radius 2 is 2.11 bits per heavy atom. The van der Waals surface area contributed by atoms with E-state index in [1.165, 1.54) is 5.56 Å². The van der Waals surface area contributed by atoms with E-state index in [-0.39, 0.29) is 11.9 Å². The Morgan fingerprint density at radius 1 is 1.32 bits per heavy atom. The Labute approximate surface area is 112 Å². The highest BCUT2D eigenvalue weighted by Gasteiger charge is 2.09. The van der Waals surface area contributed by atoms with E-state index >= 15 is 0 Å². The molecule has 1 atom stereocenters. The van der Waals surface area contributed by atoms with Crippen LogP contribution < -0.4 is 10.6 Å². The number of aromatic nitrogens is 2. The van der Waals surface area contributed by atoms with Crippen molar-refractivity contribution >= 4 is 5.91 Å². The van der Waals surface area contributed by atoms with Crippen molar-refractivity contribution in [2.45, 2.75) is 13.0 Å². The molecular formula is C14H18N4O. The minimum absolute atomic E-state index is 0.182. The molecular weight excluding hydrogens is 240 g/mol. The summed E-state index contributed by atoms with van der Waals surface area (Å²) in [6, 6.07) is 10.0. The lowest BCUT2D eigenvalue weighted by Gasteiger charge is -2.11. The Hall–Kier alpha value is -2.14. The van der Waals surface area contributed by atoms with Gasteiger partial charge in [0.25, 0.3) is 5.91 Å². The van der Waals surface area contributed by atoms with Crippen molar-refractivity contribution in [1.82, 2.24) is 20.4 Å². The zero-order chi connectivity index (χ0) is 13.8. The van der Waals surface area contributed by atoms with Crippen molar-refractivity contribution in [1.29, 1.82) is 0 Å². The molecule has 0 aliphatic heterocycles. The van der Waals surface area contributed by atoms with Crippen LogP contribution >= 0.6 is 0 Å². The summed E-state index contributed by atoms with van der Waals surface area (Å²) in [6.45, 7) is 2.10. The van der Waals surface area contributed by atoms with Gasteiger partial charge in [-0.05, 0) is 37.7 Å². The Balaban J connectivity index is 2.31. The molecule has 5 heteroatoms. The van der Waals surface area contributed by atoms with Gasteiger partial charge >= 0.3 is 0 Å². The zero-order valence-electron chi connectivity index (χ0n) is 11.3. The highest BCUT2D eigenvalue weighted by Crippen LogP contribution is 2.16. The minimum Gasteiger partial charge on any atom is -0.354 e. The van der Waals surface area contributed by atoms with Crippen LogP contribution in [0.4, 0.5) is 0 Å². The van der Waals surface area contributed by atoms with E-state index in [4.69, 9.17) is 0 Å². The fraction of sp³-hybridized carbons (Fsp3) is 0.286. The highest BCUT2D eigenvalue weighted by atomic mass is 16.1. The summed E-state index contributed by atoms with van der Waals surface area (Å²) in [6.07, 6.45) is 1.79. The molecule has 0 radical (unpaired) electrons. The second-order valence-corrected chi connectivity index (χ2v) is 4.33. The summed E-state index contributed by atoms with van der Waals surface area (Å²) in [5.74, 6) is -0.182. The van der Waals surface area contributed by atoms with Gasteiger partial charge in [0.1, 0.15) is 0 Å². The molecule has 1 unspecified atom stereocenters. The first-order valence-corrected chi connectivity index (χ1v) is 6.21. The zero-order valence-corrected chi connectivity index (χ0v) is 11.3. The molecule has 0 saturated carbocycles. The molecule has 19 heavy (non-hydrogen) atoms. The first-order chi connectivity index (χ1) is 9.15. The molecule has 0 bridgehead atoms. The van der Waals surface area contributed by atoms with Crippen molar-refractivity contribution in [2.24, 2.45) is 0 Å². The van der Waals surface area contributed by atoms with Gasteiger partial charge in [0.15, 0.2) is 5.69 Å². The van der Waals surface area contributed by atoms with Crippen LogP contribution in [0.25, 0.3) is 5.69 Å². The van der Waals surface area contributed by atoms with E-state index in [0.29, 0.717) is 5.69 Å². The smallest absolute Gasteiger partial charge is 0.271 e. The molecule has 100 valence electrons. The summed E-state index contributed by atoms with van der Waals surface area (Å²) in [7, 11) is 3.52. The van der Waals surface area contributed by atoms with Gasteiger partial charge < -0.3 is 10.6 Å². The van der Waals surface area contributed by atoms with Crippen molar-refractivity contribution in [2.75, 3.05) is 14.1 Å². The van der Waals surface area contributed by atoms with Gasteiger partial charge in [-0.3, -0.25) is 4.79 Å². The normalized spacial score (nSPS) is 12.2. The van der Waals surface area contributed by atoms with Gasteiger partial charge in [-0.1, -0.05) is 12.1 Å². The van der Waals surface area contributed by atoms with E-state index in [1.807, 2.05) is 19.2 Å². The van der Waals surface area contributed by atoms with E-state index < -0.39 is 0 Å². The van der Waals surface area contributed by atoms with Crippen molar-refractivity contribution in [3.63, 3.8) is 0 Å². The lowest BCUT2D eigenvalue weighted by Crippen LogP contribution is -2.18. The average molecular weight is 258 g/mol. The summed E-state index contributed by atoms with van der Waals surface area (Å²) in [4.78, 5) is 11.5. The summed E-state index contributed by atoms with van der Waals surface area (Å²) >= 11 is 0. The third-order valence-corrected chi connectivity index (χ3v) is 3.12. The Kier molecular flexibility index (Phi) is 3.97. The fourth-order valence-corrected chi connectivity index (χ4v) is 1.82. The maximum absolute atomic E-state index is 11.5. The van der Waals surface area contributed by atoms with Crippen LogP contribution in [0.1, 0.15) is 29.0 Å². The van der Waals surface area contributed by atoms with Gasteiger partial charge in [-0.15, -0.1) is 0 Å². The first kappa shape index (κ1) is 13.3. The SMILES string of the molecule is CNC(=O)c1ccn(-c2cccc(C(C)NC)c2)n1. The lowest BCUT2D eigenvalue weighted by molar-refractivity contribution is 0.0957. The number of nitrogens with zero attached hydrogens (tertiary/aromatic N) is 2. The Morgan fingerprint density at radius 3 is 2.79 bits per heavy atom. The van der Waals surface area contributed by atoms with Crippen LogP contribution in [-0.4, -0.2) is 29.8 Å². The van der Waals surface area contributed by atoms with Gasteiger partial charge in [0.05, 0.1) is 5.69 Å². The molecule has 2 aromatic rings. The largest absolute Gasteiger partial charge is 0.354 e. The molecule has 1 aromatic heterocycles. The number of carbonyl (C=O) groups is 1. The van der Waals surface area contributed by atoms with Crippen LogP contribution in [0, 0.1) is 0 Å². The highest BCUT2D eigenvalue weighted by molar-refractivity contribution is 5.91. The molecule has 2 rings (SSSR count). The molecule has 5 nitrogen and oxygen atoms in total. The molecule has 0 aliphatic rings. The summed E-state index contributed by atoms with van der Waals surface area (Å²) in [5.41, 5.74) is 2.53. The number of rotatable bonds is 4. The topological polar surface area (TPSA) is 59.0 Å². The van der Waals surface area contributed by atoms with E-state index in [2.05, 4.69) is 34.8 Å². The standard InChI is InChI=1S/C14H18N4O/c1-10(15-2)11-5-4-6-12(9-11)18-8-7-13(17-18)14(19)16-3/h4-10,15H,1-3H3,(H,16,19). The van der Waals surface area contributed by atoms with Gasteiger partial charge in [0.2, 0.25) is 0 Å². The monoisotopic (exact) mass is 258 g/mol. The van der Waals surface area contributed by atoms with E-state index in [1.54, 1.807) is 24.0 Å². The molecule has 1 aromatic carbocycles. The quantitative estimate of drug-likeness (QED) is 0.874. The molecule has 0 aliphatic carbocycles. The van der Waals surface area contributed by atoms with Crippen LogP contribution in [0.15, 0.2) is 36.5 Å². The number of hydrogen-bond donors (Lipinski definition) is 2. The molecule has 0 fully saturated rings. The number of nitrogens with one attached hydrogen (secondary N) is 2. The second-order valence-electron chi connectivity index (χ2n) is 4.33. The fourth-order valence-electron chi connectivity index (χ4n) is 1.82. The third-order valence-electron chi connectivity index (χ3n) is 3.12. The second kappa shape index (κ2) is 5.67. The van der Waals surface area contributed by atoms with Crippen molar-refractivity contribution < 1.29 is 4.79 Å². The molecule has 0 spiro atoms. The van der Waals surface area contributed by atoms with Crippen LogP contribution in [0.5, 0.6) is 0 Å². The molecule has 0 saturated heterocycles. The number of hydrogen-bond acceptors (Lipinski definition) is 3. The maximum Gasteiger partial charge on any atom is 0.271 e. The third kappa shape index (κ3) is 2.82. The predicted octanol–water partition coefficient (Wildman–Crippen LogP) is 1.51. The summed E-state index contributed by atoms with van der Waals surface area (Å²) < 4.78 is 1.70. The van der Waals surface area contributed by atoms with Crippen molar-refractivity contribution in [3.05, 3.63) is 47.8 Å². The molecule has 2 N–H and O–H groups in total. The van der Waals surface area contributed by atoms with Crippen LogP contribution in [0.2, 0.25) is 0 Å². The van der Waals surface area contributed by atoms with Gasteiger partial charge in [-0.25, -0.2) is 4.68 Å². The first-order valence-electron chi connectivity index (χ1n) is 6.21. The van der Waals surface area contributed by atoms with Gasteiger partial charge in [0, 0.05) is 19.3 Å². The molecule has 1 amide bonds. The minimum atomic E-state index is -0.182. The van der Waals surface area contributed by atoms with Crippen LogP contribution in [0.3, 0.4) is 0 Å². The number of amides is 1. The van der Waals surface area contributed by atoms with Crippen LogP contribution in [-0.2, 0) is 0 Å². The predicted molar refractivity (Wildman–Crippen MR) is 74.4 cm³/mol. The Bertz CT molecular complexity index is 576. The number of carbonyl (C=O) groups excluding carboxylic acids is 1. The lowest BCUT2D eigenvalue weighted by atomic mass is 10.1. The van der Waals surface area contributed by atoms with E-state index in [9.17, 15) is 4.79 Å². The summed E-state index contributed by atoms with van der Waals surface area (Å²) in [5, 5.41) is 10.0.